The van der Waals surface area contributed by atoms with Gasteiger partial charge in [0.2, 0.25) is 5.91 Å². The molecule has 0 fully saturated rings. The highest BCUT2D eigenvalue weighted by Gasteiger charge is 2.23. The maximum atomic E-state index is 12.1. The molecule has 1 aromatic rings. The van der Waals surface area contributed by atoms with Gasteiger partial charge < -0.3 is 10.6 Å². The monoisotopic (exact) mass is 260 g/mol. The number of fused-ring (bicyclic) bond motifs is 1. The second-order valence-corrected chi connectivity index (χ2v) is 5.35. The molecule has 0 aliphatic carbocycles. The summed E-state index contributed by atoms with van der Waals surface area (Å²) in [6, 6.07) is 5.89. The highest BCUT2D eigenvalue weighted by Crippen LogP contribution is 2.29. The van der Waals surface area contributed by atoms with E-state index < -0.39 is 0 Å². The number of carbonyl (C=O) groups excluding carboxylic acids is 1. The number of hydrogen-bond acceptors (Lipinski definition) is 2. The van der Waals surface area contributed by atoms with Crippen LogP contribution in [0.4, 0.5) is 11.4 Å². The van der Waals surface area contributed by atoms with Gasteiger partial charge in [0.15, 0.2) is 0 Å². The number of nitrogens with two attached hydrogens (primary N) is 1. The molecule has 3 heteroatoms. The minimum Gasteiger partial charge on any atom is -0.399 e. The summed E-state index contributed by atoms with van der Waals surface area (Å²) in [4.78, 5) is 14.0. The average Bonchev–Trinajstić information content (AvgIpc) is 2.41. The molecule has 19 heavy (non-hydrogen) atoms. The van der Waals surface area contributed by atoms with Gasteiger partial charge in [0.1, 0.15) is 0 Å². The van der Waals surface area contributed by atoms with Crippen LogP contribution in [-0.4, -0.2) is 12.5 Å². The van der Waals surface area contributed by atoms with E-state index in [1.54, 1.807) is 0 Å². The van der Waals surface area contributed by atoms with Crippen molar-refractivity contribution >= 4 is 17.3 Å². The molecule has 0 bridgehead atoms. The number of amides is 1. The van der Waals surface area contributed by atoms with Crippen LogP contribution in [0.15, 0.2) is 18.2 Å². The Balaban J connectivity index is 1.98. The first-order chi connectivity index (χ1) is 9.22. The Hall–Kier alpha value is -1.51. The molecule has 2 rings (SSSR count). The van der Waals surface area contributed by atoms with Gasteiger partial charge >= 0.3 is 0 Å². The molecule has 1 aromatic carbocycles. The van der Waals surface area contributed by atoms with Gasteiger partial charge in [-0.25, -0.2) is 0 Å². The van der Waals surface area contributed by atoms with Gasteiger partial charge in [-0.3, -0.25) is 4.79 Å². The molecule has 0 saturated carbocycles. The van der Waals surface area contributed by atoms with Gasteiger partial charge in [-0.05, 0) is 36.6 Å². The summed E-state index contributed by atoms with van der Waals surface area (Å²) in [7, 11) is 0. The fourth-order valence-electron chi connectivity index (χ4n) is 2.70. The maximum absolute atomic E-state index is 12.1. The second kappa shape index (κ2) is 6.60. The number of nitrogens with zero attached hydrogens (tertiary/aromatic N) is 1. The van der Waals surface area contributed by atoms with E-state index in [0.717, 1.165) is 30.8 Å². The molecule has 0 saturated heterocycles. The van der Waals surface area contributed by atoms with Crippen LogP contribution < -0.4 is 10.6 Å². The lowest BCUT2D eigenvalue weighted by atomic mass is 10.00. The summed E-state index contributed by atoms with van der Waals surface area (Å²) in [5.74, 6) is 0.257. The van der Waals surface area contributed by atoms with Gasteiger partial charge in [-0.2, -0.15) is 0 Å². The molecule has 2 N–H and O–H groups in total. The molecule has 1 heterocycles. The van der Waals surface area contributed by atoms with Crippen LogP contribution in [0, 0.1) is 0 Å². The Kier molecular flexibility index (Phi) is 4.83. The molecule has 0 spiro atoms. The SMILES string of the molecule is CCCCCCCN1C(=O)CCc2cc(N)ccc21. The van der Waals surface area contributed by atoms with Crippen LogP contribution in [0.2, 0.25) is 0 Å². The van der Waals surface area contributed by atoms with E-state index >= 15 is 0 Å². The van der Waals surface area contributed by atoms with Crippen LogP contribution in [0.25, 0.3) is 0 Å². The average molecular weight is 260 g/mol. The maximum Gasteiger partial charge on any atom is 0.227 e. The summed E-state index contributed by atoms with van der Waals surface area (Å²) >= 11 is 0. The summed E-state index contributed by atoms with van der Waals surface area (Å²) in [5.41, 5.74) is 8.89. The molecular weight excluding hydrogens is 236 g/mol. The number of benzene rings is 1. The first-order valence-corrected chi connectivity index (χ1v) is 7.41. The fourth-order valence-corrected chi connectivity index (χ4v) is 2.70. The Labute approximate surface area is 115 Å². The first-order valence-electron chi connectivity index (χ1n) is 7.41. The molecule has 0 unspecified atom stereocenters. The number of rotatable bonds is 6. The van der Waals surface area contributed by atoms with Gasteiger partial charge in [-0.1, -0.05) is 32.6 Å². The van der Waals surface area contributed by atoms with Crippen LogP contribution in [0.5, 0.6) is 0 Å². The van der Waals surface area contributed by atoms with Crippen LogP contribution in [0.1, 0.15) is 51.0 Å². The van der Waals surface area contributed by atoms with E-state index in [0.29, 0.717) is 6.42 Å². The van der Waals surface area contributed by atoms with Crippen molar-refractivity contribution < 1.29 is 4.79 Å². The van der Waals surface area contributed by atoms with Crippen molar-refractivity contribution in [3.63, 3.8) is 0 Å². The van der Waals surface area contributed by atoms with E-state index in [1.807, 2.05) is 23.1 Å². The summed E-state index contributed by atoms with van der Waals surface area (Å²) in [6.45, 7) is 3.06. The number of anilines is 2. The predicted molar refractivity (Wildman–Crippen MR) is 80.3 cm³/mol. The lowest BCUT2D eigenvalue weighted by Gasteiger charge is -2.29. The van der Waals surface area contributed by atoms with Gasteiger partial charge in [-0.15, -0.1) is 0 Å². The highest BCUT2D eigenvalue weighted by atomic mass is 16.2. The summed E-state index contributed by atoms with van der Waals surface area (Å²) in [6.07, 6.45) is 7.56. The lowest BCUT2D eigenvalue weighted by Crippen LogP contribution is -2.35. The molecule has 3 nitrogen and oxygen atoms in total. The van der Waals surface area contributed by atoms with E-state index in [1.165, 1.54) is 31.2 Å². The Bertz CT molecular complexity index is 442. The number of aryl methyl sites for hydroxylation is 1. The molecule has 1 amide bonds. The highest BCUT2D eigenvalue weighted by molar-refractivity contribution is 5.96. The van der Waals surface area contributed by atoms with Crippen LogP contribution in [-0.2, 0) is 11.2 Å². The normalized spacial score (nSPS) is 14.6. The summed E-state index contributed by atoms with van der Waals surface area (Å²) < 4.78 is 0. The van der Waals surface area contributed by atoms with E-state index in [4.69, 9.17) is 5.73 Å². The molecular formula is C16H24N2O. The van der Waals surface area contributed by atoms with Crippen molar-refractivity contribution in [2.45, 2.75) is 51.9 Å². The Morgan fingerprint density at radius 1 is 1.16 bits per heavy atom. The number of nitrogen functional groups attached to an aromatic ring is 1. The van der Waals surface area contributed by atoms with E-state index in [9.17, 15) is 4.79 Å². The number of unbranched alkanes of at least 4 members (excludes halogenated alkanes) is 4. The second-order valence-electron chi connectivity index (χ2n) is 5.35. The summed E-state index contributed by atoms with van der Waals surface area (Å²) in [5, 5.41) is 0. The standard InChI is InChI=1S/C16H24N2O/c1-2-3-4-5-6-11-18-15-9-8-14(17)12-13(15)7-10-16(18)19/h8-9,12H,2-7,10-11,17H2,1H3. The van der Waals surface area contributed by atoms with E-state index in [-0.39, 0.29) is 5.91 Å². The molecule has 0 radical (unpaired) electrons. The van der Waals surface area contributed by atoms with Crippen molar-refractivity contribution in [3.8, 4) is 0 Å². The zero-order chi connectivity index (χ0) is 13.7. The zero-order valence-corrected chi connectivity index (χ0v) is 11.8. The minimum absolute atomic E-state index is 0.257. The molecule has 0 aromatic heterocycles. The van der Waals surface area contributed by atoms with Crippen molar-refractivity contribution in [2.75, 3.05) is 17.2 Å². The van der Waals surface area contributed by atoms with Gasteiger partial charge in [0, 0.05) is 24.3 Å². The number of hydrogen-bond donors (Lipinski definition) is 1. The quantitative estimate of drug-likeness (QED) is 0.628. The largest absolute Gasteiger partial charge is 0.399 e. The smallest absolute Gasteiger partial charge is 0.227 e. The third-order valence-corrected chi connectivity index (χ3v) is 3.79. The predicted octanol–water partition coefficient (Wildman–Crippen LogP) is 3.52. The molecule has 1 aliphatic rings. The van der Waals surface area contributed by atoms with Crippen molar-refractivity contribution in [1.82, 2.24) is 0 Å². The topological polar surface area (TPSA) is 46.3 Å². The zero-order valence-electron chi connectivity index (χ0n) is 11.8. The number of carbonyl (C=O) groups is 1. The van der Waals surface area contributed by atoms with Crippen LogP contribution in [0.3, 0.4) is 0 Å². The third kappa shape index (κ3) is 3.49. The molecule has 0 atom stereocenters. The van der Waals surface area contributed by atoms with Gasteiger partial charge in [0.25, 0.3) is 0 Å². The van der Waals surface area contributed by atoms with Crippen LogP contribution >= 0.6 is 0 Å². The lowest BCUT2D eigenvalue weighted by molar-refractivity contribution is -0.118. The molecule has 1 aliphatic heterocycles. The minimum atomic E-state index is 0.257. The first kappa shape index (κ1) is 13.9. The Morgan fingerprint density at radius 3 is 2.74 bits per heavy atom. The van der Waals surface area contributed by atoms with Crippen molar-refractivity contribution in [3.05, 3.63) is 23.8 Å². The van der Waals surface area contributed by atoms with Crippen molar-refractivity contribution in [2.24, 2.45) is 0 Å². The Morgan fingerprint density at radius 2 is 1.95 bits per heavy atom. The third-order valence-electron chi connectivity index (χ3n) is 3.79. The van der Waals surface area contributed by atoms with Gasteiger partial charge in [0.05, 0.1) is 0 Å². The molecule has 104 valence electrons. The van der Waals surface area contributed by atoms with E-state index in [2.05, 4.69) is 6.92 Å². The fraction of sp³-hybridized carbons (Fsp3) is 0.562. The van der Waals surface area contributed by atoms with Crippen molar-refractivity contribution in [1.29, 1.82) is 0 Å².